The zero-order valence-corrected chi connectivity index (χ0v) is 24.2. The van der Waals surface area contributed by atoms with Gasteiger partial charge in [-0.3, -0.25) is 4.79 Å². The number of amides is 1. The first-order valence-corrected chi connectivity index (χ1v) is 14.9. The van der Waals surface area contributed by atoms with Crippen molar-refractivity contribution in [2.45, 2.75) is 35.9 Å². The molecule has 214 valence electrons. The number of methoxy groups -OCH3 is 1. The number of ether oxygens (including phenoxy) is 3. The summed E-state index contributed by atoms with van der Waals surface area (Å²) in [7, 11) is -2.34. The second-order valence-corrected chi connectivity index (χ2v) is 11.6. The molecule has 1 heterocycles. The zero-order chi connectivity index (χ0) is 28.7. The van der Waals surface area contributed by atoms with E-state index in [0.717, 1.165) is 11.3 Å². The fourth-order valence-corrected chi connectivity index (χ4v) is 5.83. The Morgan fingerprint density at radius 3 is 2.35 bits per heavy atom. The minimum atomic E-state index is -3.97. The van der Waals surface area contributed by atoms with Gasteiger partial charge in [0.25, 0.3) is 0 Å². The first-order chi connectivity index (χ1) is 19.2. The Labute approximate surface area is 244 Å². The van der Waals surface area contributed by atoms with E-state index in [4.69, 9.17) is 42.7 Å². The quantitative estimate of drug-likeness (QED) is 0.141. The van der Waals surface area contributed by atoms with Crippen molar-refractivity contribution < 1.29 is 27.4 Å². The molecule has 1 saturated heterocycles. The van der Waals surface area contributed by atoms with Crippen molar-refractivity contribution in [1.82, 2.24) is 4.42 Å². The van der Waals surface area contributed by atoms with E-state index in [-0.39, 0.29) is 23.8 Å². The molecule has 4 rings (SSSR count). The van der Waals surface area contributed by atoms with E-state index in [1.807, 2.05) is 24.3 Å². The number of rotatable bonds is 12. The van der Waals surface area contributed by atoms with Crippen molar-refractivity contribution in [1.29, 1.82) is 0 Å². The number of sulfonamides is 1. The van der Waals surface area contributed by atoms with Crippen LogP contribution in [0.1, 0.15) is 17.5 Å². The van der Waals surface area contributed by atoms with Crippen molar-refractivity contribution >= 4 is 45.0 Å². The highest BCUT2D eigenvalue weighted by Gasteiger charge is 2.40. The highest BCUT2D eigenvalue weighted by Crippen LogP contribution is 2.32. The topological polar surface area (TPSA) is 111 Å². The summed E-state index contributed by atoms with van der Waals surface area (Å²) in [5, 5.41) is 5.41. The third-order valence-electron chi connectivity index (χ3n) is 6.45. The number of alkyl halides is 1. The number of para-hydroxylation sites is 1. The number of halogens is 2. The lowest BCUT2D eigenvalue weighted by molar-refractivity contribution is -0.121. The molecular formula is C28H31Cl2N3O6S. The van der Waals surface area contributed by atoms with Gasteiger partial charge in [-0.05, 0) is 60.2 Å². The number of nitrogens with zero attached hydrogens (tertiary/aromatic N) is 2. The molecule has 2 unspecified atom stereocenters. The van der Waals surface area contributed by atoms with E-state index in [1.54, 1.807) is 54.5 Å². The average molecular weight is 609 g/mol. The number of carbonyl (C=O) groups is 1. The molecule has 3 aromatic carbocycles. The molecule has 12 heteroatoms. The van der Waals surface area contributed by atoms with Gasteiger partial charge in [0.05, 0.1) is 44.4 Å². The second-order valence-electron chi connectivity index (χ2n) is 9.18. The molecule has 2 atom stereocenters. The standard InChI is InChI=1S/C28H31Cl2N3O6S/c1-37-25-9-4-2-8-21(25)19-38-15-6-16-39-23-13-11-22(12-14-23)33-24(28(29)32(30)18-27(33)34)17-20-7-3-5-10-26(20)40(31,35)36/h2-5,7-14,24,28H,6,15-19H2,1H3,(H2,31,35,36). The van der Waals surface area contributed by atoms with Crippen LogP contribution in [0.2, 0.25) is 0 Å². The molecule has 2 N–H and O–H groups in total. The van der Waals surface area contributed by atoms with Gasteiger partial charge in [-0.2, -0.15) is 4.42 Å². The normalized spacial score (nSPS) is 18.1. The van der Waals surface area contributed by atoms with Crippen molar-refractivity contribution in [3.63, 3.8) is 0 Å². The van der Waals surface area contributed by atoms with E-state index in [0.29, 0.717) is 43.2 Å². The Morgan fingerprint density at radius 1 is 0.975 bits per heavy atom. The molecule has 0 radical (unpaired) electrons. The lowest BCUT2D eigenvalue weighted by Gasteiger charge is -2.42. The van der Waals surface area contributed by atoms with Crippen LogP contribution in [0.3, 0.4) is 0 Å². The van der Waals surface area contributed by atoms with E-state index < -0.39 is 21.6 Å². The average Bonchev–Trinajstić information content (AvgIpc) is 2.94. The van der Waals surface area contributed by atoms with Crippen LogP contribution in [-0.2, 0) is 32.6 Å². The third-order valence-corrected chi connectivity index (χ3v) is 8.41. The molecule has 0 aliphatic carbocycles. The van der Waals surface area contributed by atoms with Gasteiger partial charge in [0.15, 0.2) is 0 Å². The summed E-state index contributed by atoms with van der Waals surface area (Å²) >= 11 is 12.9. The van der Waals surface area contributed by atoms with Gasteiger partial charge in [-0.15, -0.1) is 11.6 Å². The number of hydrogen-bond acceptors (Lipinski definition) is 7. The molecule has 3 aromatic rings. The SMILES string of the molecule is COc1ccccc1COCCCOc1ccc(N2C(=O)CN(Cl)C(Cl)C2Cc2ccccc2S(N)(=O)=O)cc1. The number of nitrogens with two attached hydrogens (primary N) is 1. The van der Waals surface area contributed by atoms with Crippen LogP contribution in [-0.4, -0.2) is 57.2 Å². The van der Waals surface area contributed by atoms with Gasteiger partial charge in [0.2, 0.25) is 15.9 Å². The first-order valence-electron chi connectivity index (χ1n) is 12.6. The van der Waals surface area contributed by atoms with E-state index >= 15 is 0 Å². The molecular weight excluding hydrogens is 577 g/mol. The molecule has 0 bridgehead atoms. The van der Waals surface area contributed by atoms with Crippen LogP contribution in [0.4, 0.5) is 5.69 Å². The lowest BCUT2D eigenvalue weighted by atomic mass is 10.0. The van der Waals surface area contributed by atoms with Gasteiger partial charge >= 0.3 is 0 Å². The van der Waals surface area contributed by atoms with Gasteiger partial charge in [0, 0.05) is 17.7 Å². The first kappa shape index (κ1) is 30.1. The number of hydrogen-bond donors (Lipinski definition) is 1. The Morgan fingerprint density at radius 2 is 1.65 bits per heavy atom. The fourth-order valence-electron chi connectivity index (χ4n) is 4.54. The fraction of sp³-hybridized carbons (Fsp3) is 0.321. The molecule has 1 amide bonds. The monoisotopic (exact) mass is 607 g/mol. The summed E-state index contributed by atoms with van der Waals surface area (Å²) in [5.74, 6) is 1.16. The molecule has 9 nitrogen and oxygen atoms in total. The number of primary sulfonamides is 1. The minimum absolute atomic E-state index is 0.0198. The van der Waals surface area contributed by atoms with Crippen LogP contribution in [0.15, 0.2) is 77.7 Å². The molecule has 0 aromatic heterocycles. The Kier molecular flexibility index (Phi) is 10.3. The molecule has 1 aliphatic rings. The number of benzene rings is 3. The van der Waals surface area contributed by atoms with Crippen LogP contribution in [0.5, 0.6) is 11.5 Å². The van der Waals surface area contributed by atoms with E-state index in [1.165, 1.54) is 10.5 Å². The Balaban J connectivity index is 1.38. The van der Waals surface area contributed by atoms with Crippen LogP contribution in [0, 0.1) is 0 Å². The van der Waals surface area contributed by atoms with Crippen molar-refractivity contribution in [3.8, 4) is 11.5 Å². The molecule has 40 heavy (non-hydrogen) atoms. The number of carbonyl (C=O) groups excluding carboxylic acids is 1. The Bertz CT molecular complexity index is 1410. The predicted octanol–water partition coefficient (Wildman–Crippen LogP) is 4.31. The summed E-state index contributed by atoms with van der Waals surface area (Å²) in [6, 6.07) is 20.5. The van der Waals surface area contributed by atoms with Crippen LogP contribution in [0.25, 0.3) is 0 Å². The third kappa shape index (κ3) is 7.45. The van der Waals surface area contributed by atoms with Gasteiger partial charge in [0.1, 0.15) is 17.0 Å². The summed E-state index contributed by atoms with van der Waals surface area (Å²) in [5.41, 5.74) is 1.24. The summed E-state index contributed by atoms with van der Waals surface area (Å²) in [6.07, 6.45) is 0.815. The maximum atomic E-state index is 13.1. The molecule has 1 fully saturated rings. The second kappa shape index (κ2) is 13.7. The van der Waals surface area contributed by atoms with Crippen molar-refractivity contribution in [2.24, 2.45) is 5.14 Å². The van der Waals surface area contributed by atoms with E-state index in [9.17, 15) is 13.2 Å². The zero-order valence-electron chi connectivity index (χ0n) is 21.9. The van der Waals surface area contributed by atoms with Gasteiger partial charge in [-0.1, -0.05) is 36.4 Å². The van der Waals surface area contributed by atoms with Crippen molar-refractivity contribution in [3.05, 3.63) is 83.9 Å². The number of piperazine rings is 1. The summed E-state index contributed by atoms with van der Waals surface area (Å²) in [4.78, 5) is 14.6. The Hall–Kier alpha value is -2.86. The largest absolute Gasteiger partial charge is 0.496 e. The van der Waals surface area contributed by atoms with Gasteiger partial charge < -0.3 is 19.1 Å². The predicted molar refractivity (Wildman–Crippen MR) is 154 cm³/mol. The van der Waals surface area contributed by atoms with Crippen molar-refractivity contribution in [2.75, 3.05) is 31.8 Å². The maximum absolute atomic E-state index is 13.1. The van der Waals surface area contributed by atoms with Crippen LogP contribution >= 0.6 is 23.4 Å². The molecule has 0 spiro atoms. The maximum Gasteiger partial charge on any atom is 0.242 e. The number of anilines is 1. The smallest absolute Gasteiger partial charge is 0.242 e. The van der Waals surface area contributed by atoms with E-state index in [2.05, 4.69) is 0 Å². The minimum Gasteiger partial charge on any atom is -0.496 e. The lowest BCUT2D eigenvalue weighted by Crippen LogP contribution is -2.59. The van der Waals surface area contributed by atoms with Crippen LogP contribution < -0.4 is 19.5 Å². The molecule has 1 aliphatic heterocycles. The summed E-state index contributed by atoms with van der Waals surface area (Å²) < 4.78 is 42.4. The highest BCUT2D eigenvalue weighted by atomic mass is 35.5. The van der Waals surface area contributed by atoms with Gasteiger partial charge in [-0.25, -0.2) is 13.6 Å². The highest BCUT2D eigenvalue weighted by molar-refractivity contribution is 7.89. The molecule has 0 saturated carbocycles. The summed E-state index contributed by atoms with van der Waals surface area (Å²) in [6.45, 7) is 1.32.